The highest BCUT2D eigenvalue weighted by Crippen LogP contribution is 2.35. The van der Waals surface area contributed by atoms with E-state index < -0.39 is 0 Å². The van der Waals surface area contributed by atoms with Crippen molar-refractivity contribution in [1.29, 1.82) is 0 Å². The summed E-state index contributed by atoms with van der Waals surface area (Å²) in [6.07, 6.45) is 4.92. The zero-order chi connectivity index (χ0) is 16.7. The number of nitrogens with zero attached hydrogens (tertiary/aromatic N) is 1. The molecular formula is C20H19NO3. The largest absolute Gasteiger partial charge is 0.497 e. The van der Waals surface area contributed by atoms with E-state index in [-0.39, 0.29) is 11.8 Å². The van der Waals surface area contributed by atoms with E-state index in [4.69, 9.17) is 4.74 Å². The number of hydrogen-bond donors (Lipinski definition) is 0. The van der Waals surface area contributed by atoms with Crippen LogP contribution in [0.3, 0.4) is 0 Å². The molecule has 0 unspecified atom stereocenters. The predicted octanol–water partition coefficient (Wildman–Crippen LogP) is 4.45. The van der Waals surface area contributed by atoms with Crippen LogP contribution in [0.2, 0.25) is 0 Å². The van der Waals surface area contributed by atoms with Gasteiger partial charge in [-0.15, -0.1) is 0 Å². The Balaban J connectivity index is 2.04. The molecule has 1 saturated carbocycles. The molecule has 0 amide bonds. The molecule has 122 valence electrons. The summed E-state index contributed by atoms with van der Waals surface area (Å²) in [7, 11) is 1.62. The van der Waals surface area contributed by atoms with Gasteiger partial charge in [0.2, 0.25) is 5.91 Å². The highest BCUT2D eigenvalue weighted by Gasteiger charge is 2.27. The van der Waals surface area contributed by atoms with E-state index in [0.717, 1.165) is 59.5 Å². The quantitative estimate of drug-likeness (QED) is 0.670. The number of aldehydes is 1. The van der Waals surface area contributed by atoms with E-state index in [0.29, 0.717) is 5.56 Å². The van der Waals surface area contributed by atoms with Crippen molar-refractivity contribution in [3.63, 3.8) is 0 Å². The lowest BCUT2D eigenvalue weighted by Gasteiger charge is -2.12. The van der Waals surface area contributed by atoms with Gasteiger partial charge in [0.15, 0.2) is 0 Å². The highest BCUT2D eigenvalue weighted by atomic mass is 16.5. The van der Waals surface area contributed by atoms with Gasteiger partial charge in [0.25, 0.3) is 0 Å². The van der Waals surface area contributed by atoms with E-state index >= 15 is 0 Å². The van der Waals surface area contributed by atoms with Gasteiger partial charge in [0.05, 0.1) is 18.1 Å². The topological polar surface area (TPSA) is 48.3 Å². The van der Waals surface area contributed by atoms with E-state index in [1.54, 1.807) is 17.7 Å². The number of carbonyl (C=O) groups excluding carboxylic acids is 2. The van der Waals surface area contributed by atoms with E-state index in [9.17, 15) is 9.59 Å². The highest BCUT2D eigenvalue weighted by molar-refractivity contribution is 6.14. The van der Waals surface area contributed by atoms with E-state index in [1.165, 1.54) is 0 Å². The molecule has 4 nitrogen and oxygen atoms in total. The lowest BCUT2D eigenvalue weighted by atomic mass is 10.1. The summed E-state index contributed by atoms with van der Waals surface area (Å²) in [5, 5.41) is 2.00. The Morgan fingerprint density at radius 1 is 1.08 bits per heavy atom. The van der Waals surface area contributed by atoms with Crippen LogP contribution in [0.5, 0.6) is 5.75 Å². The molecule has 3 aromatic rings. The minimum Gasteiger partial charge on any atom is -0.497 e. The van der Waals surface area contributed by atoms with Gasteiger partial charge >= 0.3 is 0 Å². The van der Waals surface area contributed by atoms with Crippen LogP contribution in [-0.2, 0) is 0 Å². The van der Waals surface area contributed by atoms with Gasteiger partial charge in [0, 0.05) is 28.3 Å². The lowest BCUT2D eigenvalue weighted by molar-refractivity contribution is 0.0847. The maximum Gasteiger partial charge on any atom is 0.234 e. The predicted molar refractivity (Wildman–Crippen MR) is 94.0 cm³/mol. The molecule has 0 atom stereocenters. The Bertz CT molecular complexity index is 948. The fourth-order valence-electron chi connectivity index (χ4n) is 3.81. The van der Waals surface area contributed by atoms with Crippen LogP contribution in [0.1, 0.15) is 40.8 Å². The van der Waals surface area contributed by atoms with Crippen molar-refractivity contribution in [1.82, 2.24) is 4.57 Å². The standard InChI is InChI=1S/C20H19NO3/c1-24-15-7-9-17-16-8-6-13(12-22)10-18(16)21(19(17)11-15)20(23)14-4-2-3-5-14/h6-12,14H,2-5H2,1H3. The number of benzene rings is 2. The first-order valence-corrected chi connectivity index (χ1v) is 8.34. The molecule has 0 aliphatic heterocycles. The van der Waals surface area contributed by atoms with E-state index in [1.807, 2.05) is 30.3 Å². The summed E-state index contributed by atoms with van der Waals surface area (Å²) in [4.78, 5) is 24.4. The molecular weight excluding hydrogens is 302 g/mol. The van der Waals surface area contributed by atoms with Crippen molar-refractivity contribution < 1.29 is 14.3 Å². The Hall–Kier alpha value is -2.62. The lowest BCUT2D eigenvalue weighted by Crippen LogP contribution is -2.19. The summed E-state index contributed by atoms with van der Waals surface area (Å²) in [6.45, 7) is 0. The Morgan fingerprint density at radius 3 is 2.42 bits per heavy atom. The van der Waals surface area contributed by atoms with Crippen LogP contribution in [-0.4, -0.2) is 23.9 Å². The van der Waals surface area contributed by atoms with Gasteiger partial charge in [-0.3, -0.25) is 14.2 Å². The van der Waals surface area contributed by atoms with Crippen molar-refractivity contribution >= 4 is 34.0 Å². The van der Waals surface area contributed by atoms with E-state index in [2.05, 4.69) is 0 Å². The first-order chi connectivity index (χ1) is 11.7. The summed E-state index contributed by atoms with van der Waals surface area (Å²) in [6, 6.07) is 11.3. The van der Waals surface area contributed by atoms with Gasteiger partial charge < -0.3 is 4.74 Å². The molecule has 1 fully saturated rings. The molecule has 2 aromatic carbocycles. The molecule has 0 N–H and O–H groups in total. The molecule has 0 radical (unpaired) electrons. The van der Waals surface area contributed by atoms with Crippen molar-refractivity contribution in [2.24, 2.45) is 5.92 Å². The second-order valence-electron chi connectivity index (χ2n) is 6.43. The summed E-state index contributed by atoms with van der Waals surface area (Å²) in [5.74, 6) is 0.917. The second kappa shape index (κ2) is 5.78. The van der Waals surface area contributed by atoms with Crippen LogP contribution in [0, 0.1) is 5.92 Å². The molecule has 0 spiro atoms. The molecule has 1 aromatic heterocycles. The number of aromatic nitrogens is 1. The van der Waals surface area contributed by atoms with Gasteiger partial charge in [-0.25, -0.2) is 0 Å². The minimum absolute atomic E-state index is 0.0647. The molecule has 4 heteroatoms. The minimum atomic E-state index is 0.0647. The number of ether oxygens (including phenoxy) is 1. The summed E-state index contributed by atoms with van der Waals surface area (Å²) >= 11 is 0. The molecule has 24 heavy (non-hydrogen) atoms. The number of fused-ring (bicyclic) bond motifs is 3. The third-order valence-corrected chi connectivity index (χ3v) is 5.06. The average Bonchev–Trinajstić information content (AvgIpc) is 3.26. The van der Waals surface area contributed by atoms with Gasteiger partial charge in [0.1, 0.15) is 12.0 Å². The van der Waals surface area contributed by atoms with Gasteiger partial charge in [-0.2, -0.15) is 0 Å². The smallest absolute Gasteiger partial charge is 0.234 e. The number of hydrogen-bond acceptors (Lipinski definition) is 3. The average molecular weight is 321 g/mol. The fraction of sp³-hybridized carbons (Fsp3) is 0.300. The Morgan fingerprint density at radius 2 is 1.75 bits per heavy atom. The molecule has 1 heterocycles. The van der Waals surface area contributed by atoms with Crippen LogP contribution in [0.4, 0.5) is 0 Å². The Labute approximate surface area is 140 Å². The second-order valence-corrected chi connectivity index (χ2v) is 6.43. The van der Waals surface area contributed by atoms with Crippen LogP contribution >= 0.6 is 0 Å². The zero-order valence-electron chi connectivity index (χ0n) is 13.6. The van der Waals surface area contributed by atoms with Crippen LogP contribution in [0.25, 0.3) is 21.8 Å². The monoisotopic (exact) mass is 321 g/mol. The summed E-state index contributed by atoms with van der Waals surface area (Å²) < 4.78 is 7.13. The van der Waals surface area contributed by atoms with Crippen molar-refractivity contribution in [2.45, 2.75) is 25.7 Å². The number of methoxy groups -OCH3 is 1. The van der Waals surface area contributed by atoms with Crippen LogP contribution in [0.15, 0.2) is 36.4 Å². The van der Waals surface area contributed by atoms with Crippen molar-refractivity contribution in [2.75, 3.05) is 7.11 Å². The van der Waals surface area contributed by atoms with Gasteiger partial charge in [-0.1, -0.05) is 25.0 Å². The first-order valence-electron chi connectivity index (χ1n) is 8.34. The fourth-order valence-corrected chi connectivity index (χ4v) is 3.81. The third-order valence-electron chi connectivity index (χ3n) is 5.06. The van der Waals surface area contributed by atoms with Crippen LogP contribution < -0.4 is 4.74 Å². The molecule has 0 bridgehead atoms. The normalized spacial score (nSPS) is 15.2. The van der Waals surface area contributed by atoms with Crippen molar-refractivity contribution in [3.8, 4) is 5.75 Å². The van der Waals surface area contributed by atoms with Gasteiger partial charge in [-0.05, 0) is 31.0 Å². The first kappa shape index (κ1) is 14.9. The maximum atomic E-state index is 13.2. The molecule has 1 aliphatic rings. The zero-order valence-corrected chi connectivity index (χ0v) is 13.6. The molecule has 4 rings (SSSR count). The third kappa shape index (κ3) is 2.21. The summed E-state index contributed by atoms with van der Waals surface area (Å²) in [5.41, 5.74) is 2.24. The number of carbonyl (C=O) groups is 2. The molecule has 1 aliphatic carbocycles. The SMILES string of the molecule is COc1ccc2c3ccc(C=O)cc3n(C(=O)C3CCCC3)c2c1. The van der Waals surface area contributed by atoms with Crippen molar-refractivity contribution in [3.05, 3.63) is 42.0 Å². The number of rotatable bonds is 3. The molecule has 0 saturated heterocycles. The maximum absolute atomic E-state index is 13.2. The Kier molecular flexibility index (Phi) is 3.60.